The van der Waals surface area contributed by atoms with Crippen LogP contribution in [0.25, 0.3) is 17.4 Å². The fraction of sp³-hybridized carbons (Fsp3) is 0.125. The molecule has 1 aliphatic rings. The Morgan fingerprint density at radius 1 is 1.08 bits per heavy atom. The fourth-order valence-corrected chi connectivity index (χ4v) is 3.93. The summed E-state index contributed by atoms with van der Waals surface area (Å²) in [4.78, 5) is 24.4. The molecular weight excluding hydrogens is 515 g/mol. The van der Waals surface area contributed by atoms with Gasteiger partial charge in [0.05, 0.1) is 28.3 Å². The lowest BCUT2D eigenvalue weighted by atomic mass is 10.1. The highest BCUT2D eigenvalue weighted by molar-refractivity contribution is 7.89. The van der Waals surface area contributed by atoms with Crippen molar-refractivity contribution in [3.05, 3.63) is 77.6 Å². The number of nitrogens with two attached hydrogens (primary N) is 1. The predicted octanol–water partition coefficient (Wildman–Crippen LogP) is 4.12. The minimum Gasteiger partial charge on any atom is -0.462 e. The fourth-order valence-electron chi connectivity index (χ4n) is 3.42. The quantitative estimate of drug-likeness (QED) is 0.375. The van der Waals surface area contributed by atoms with E-state index in [-0.39, 0.29) is 28.7 Å². The van der Waals surface area contributed by atoms with Crippen LogP contribution in [0.15, 0.2) is 80.7 Å². The number of hydrogen-bond acceptors (Lipinski definition) is 7. The van der Waals surface area contributed by atoms with E-state index in [9.17, 15) is 31.2 Å². The van der Waals surface area contributed by atoms with Crippen LogP contribution in [0, 0.1) is 0 Å². The topological polar surface area (TPSA) is 132 Å². The summed E-state index contributed by atoms with van der Waals surface area (Å²) in [6.45, 7) is 1.90. The maximum Gasteiger partial charge on any atom is 0.435 e. The first-order chi connectivity index (χ1) is 17.4. The number of furan rings is 1. The van der Waals surface area contributed by atoms with Gasteiger partial charge in [0.1, 0.15) is 11.5 Å². The predicted molar refractivity (Wildman–Crippen MR) is 127 cm³/mol. The molecule has 0 aliphatic carbocycles. The van der Waals surface area contributed by atoms with Gasteiger partial charge in [0, 0.05) is 5.56 Å². The van der Waals surface area contributed by atoms with Gasteiger partial charge in [0.15, 0.2) is 5.71 Å². The van der Waals surface area contributed by atoms with Gasteiger partial charge in [-0.3, -0.25) is 4.79 Å². The number of ether oxygens (including phenoxy) is 1. The number of amides is 1. The minimum atomic E-state index is -4.96. The number of rotatable bonds is 6. The van der Waals surface area contributed by atoms with Crippen LogP contribution in [0.4, 0.5) is 18.9 Å². The average molecular weight is 533 g/mol. The number of nitrogens with zero attached hydrogens (tertiary/aromatic N) is 2. The Hall–Kier alpha value is -4.23. The Morgan fingerprint density at radius 2 is 1.73 bits per heavy atom. The lowest BCUT2D eigenvalue weighted by Gasteiger charge is -2.11. The molecule has 0 unspecified atom stereocenters. The molecule has 0 saturated carbocycles. The normalized spacial score (nSPS) is 15.3. The molecule has 0 atom stereocenters. The van der Waals surface area contributed by atoms with Gasteiger partial charge in [-0.15, -0.1) is 0 Å². The van der Waals surface area contributed by atoms with Crippen molar-refractivity contribution in [3.8, 4) is 11.3 Å². The summed E-state index contributed by atoms with van der Waals surface area (Å²) < 4.78 is 74.5. The first kappa shape index (κ1) is 25.9. The maximum atomic E-state index is 13.7. The highest BCUT2D eigenvalue weighted by Gasteiger charge is 2.47. The van der Waals surface area contributed by atoms with E-state index in [1.807, 2.05) is 0 Å². The number of primary sulfonamides is 1. The van der Waals surface area contributed by atoms with E-state index in [0.717, 1.165) is 30.3 Å². The van der Waals surface area contributed by atoms with Crippen molar-refractivity contribution in [1.82, 2.24) is 0 Å². The maximum absolute atomic E-state index is 13.7. The second-order valence-electron chi connectivity index (χ2n) is 7.66. The molecule has 0 bridgehead atoms. The number of halogens is 3. The van der Waals surface area contributed by atoms with E-state index in [4.69, 9.17) is 14.3 Å². The minimum absolute atomic E-state index is 0.0452. The molecule has 1 aliphatic heterocycles. The van der Waals surface area contributed by atoms with Gasteiger partial charge < -0.3 is 9.15 Å². The summed E-state index contributed by atoms with van der Waals surface area (Å²) in [6.07, 6.45) is -4.04. The van der Waals surface area contributed by atoms with Gasteiger partial charge in [-0.2, -0.15) is 23.3 Å². The van der Waals surface area contributed by atoms with E-state index in [0.29, 0.717) is 16.1 Å². The van der Waals surface area contributed by atoms with Crippen LogP contribution in [0.3, 0.4) is 0 Å². The molecule has 0 radical (unpaired) electrons. The Bertz CT molecular complexity index is 1520. The average Bonchev–Trinajstić information content (AvgIpc) is 3.44. The number of esters is 1. The first-order valence-corrected chi connectivity index (χ1v) is 12.2. The number of alkyl halides is 3. The van der Waals surface area contributed by atoms with E-state index < -0.39 is 39.4 Å². The highest BCUT2D eigenvalue weighted by Crippen LogP contribution is 2.34. The Morgan fingerprint density at radius 3 is 2.30 bits per heavy atom. The number of hydrazone groups is 1. The molecule has 1 aromatic heterocycles. The Labute approximate surface area is 208 Å². The van der Waals surface area contributed by atoms with Crippen molar-refractivity contribution in [2.24, 2.45) is 10.2 Å². The largest absolute Gasteiger partial charge is 0.462 e. The van der Waals surface area contributed by atoms with E-state index >= 15 is 0 Å². The second kappa shape index (κ2) is 9.67. The molecule has 13 heteroatoms. The summed E-state index contributed by atoms with van der Waals surface area (Å²) in [5, 5.41) is 8.97. The van der Waals surface area contributed by atoms with Gasteiger partial charge >= 0.3 is 12.1 Å². The number of hydrogen-bond donors (Lipinski definition) is 1. The van der Waals surface area contributed by atoms with Gasteiger partial charge in [-0.1, -0.05) is 12.1 Å². The molecule has 4 rings (SSSR count). The van der Waals surface area contributed by atoms with Crippen LogP contribution in [0.5, 0.6) is 0 Å². The van der Waals surface area contributed by atoms with E-state index in [2.05, 4.69) is 5.10 Å². The van der Waals surface area contributed by atoms with Crippen molar-refractivity contribution in [1.29, 1.82) is 0 Å². The Kier molecular flexibility index (Phi) is 6.76. The van der Waals surface area contributed by atoms with Crippen molar-refractivity contribution in [2.45, 2.75) is 18.0 Å². The monoisotopic (exact) mass is 533 g/mol. The number of sulfonamides is 1. The molecular formula is C24H18F3N3O6S. The van der Waals surface area contributed by atoms with Gasteiger partial charge in [0.2, 0.25) is 10.0 Å². The summed E-state index contributed by atoms with van der Waals surface area (Å²) in [6, 6.07) is 13.4. The number of benzene rings is 2. The molecule has 0 saturated heterocycles. The highest BCUT2D eigenvalue weighted by atomic mass is 32.2. The lowest BCUT2D eigenvalue weighted by Crippen LogP contribution is -2.25. The standard InChI is InChI=1S/C24H18F3N3O6S/c1-2-35-23(32)15-5-3-14(4-6-15)20-12-9-17(36-20)13-19-21(24(25,26)27)29-30(22(19)31)16-7-10-18(11-8-16)37(28,33)34/h3-13H,2H2,1H3,(H2,28,33,34). The molecule has 2 heterocycles. The third kappa shape index (κ3) is 5.47. The molecule has 3 aromatic rings. The molecule has 37 heavy (non-hydrogen) atoms. The van der Waals surface area contributed by atoms with E-state index in [1.165, 1.54) is 24.3 Å². The molecule has 0 spiro atoms. The van der Waals surface area contributed by atoms with Crippen molar-refractivity contribution < 1.29 is 40.3 Å². The third-order valence-corrected chi connectivity index (χ3v) is 6.08. The SMILES string of the molecule is CCOC(=O)c1ccc(-c2ccc(C=C3C(=O)N(c4ccc(S(N)(=O)=O)cc4)N=C3C(F)(F)F)o2)cc1. The lowest BCUT2D eigenvalue weighted by molar-refractivity contribution is -0.114. The van der Waals surface area contributed by atoms with Gasteiger partial charge in [-0.25, -0.2) is 18.4 Å². The molecule has 9 nitrogen and oxygen atoms in total. The van der Waals surface area contributed by atoms with Crippen LogP contribution in [-0.2, 0) is 19.6 Å². The van der Waals surface area contributed by atoms with Crippen molar-refractivity contribution >= 4 is 39.4 Å². The zero-order valence-corrected chi connectivity index (χ0v) is 19.8. The van der Waals surface area contributed by atoms with Crippen LogP contribution >= 0.6 is 0 Å². The van der Waals surface area contributed by atoms with Crippen LogP contribution in [0.2, 0.25) is 0 Å². The zero-order chi connectivity index (χ0) is 27.0. The van der Waals surface area contributed by atoms with Crippen LogP contribution in [-0.4, -0.2) is 38.8 Å². The number of anilines is 1. The molecule has 0 fully saturated rings. The molecule has 2 aromatic carbocycles. The summed E-state index contributed by atoms with van der Waals surface area (Å²) >= 11 is 0. The van der Waals surface area contributed by atoms with Crippen LogP contribution < -0.4 is 10.1 Å². The summed E-state index contributed by atoms with van der Waals surface area (Å²) in [7, 11) is -4.04. The molecule has 2 N–H and O–H groups in total. The van der Waals surface area contributed by atoms with Gasteiger partial charge in [0.25, 0.3) is 5.91 Å². The van der Waals surface area contributed by atoms with E-state index in [1.54, 1.807) is 19.1 Å². The first-order valence-electron chi connectivity index (χ1n) is 10.6. The summed E-state index contributed by atoms with van der Waals surface area (Å²) in [5.74, 6) is -1.35. The number of carbonyl (C=O) groups excluding carboxylic acids is 2. The van der Waals surface area contributed by atoms with Crippen LogP contribution in [0.1, 0.15) is 23.0 Å². The molecule has 1 amide bonds. The second-order valence-corrected chi connectivity index (χ2v) is 9.22. The van der Waals surface area contributed by atoms with Crippen molar-refractivity contribution in [3.63, 3.8) is 0 Å². The van der Waals surface area contributed by atoms with Crippen molar-refractivity contribution in [2.75, 3.05) is 11.6 Å². The van der Waals surface area contributed by atoms with Gasteiger partial charge in [-0.05, 0) is 61.5 Å². The zero-order valence-electron chi connectivity index (χ0n) is 19.0. The summed E-state index contributed by atoms with van der Waals surface area (Å²) in [5.41, 5.74) is -1.44. The third-order valence-electron chi connectivity index (χ3n) is 5.15. The Balaban J connectivity index is 1.63. The smallest absolute Gasteiger partial charge is 0.435 e. The molecule has 192 valence electrons. The number of carbonyl (C=O) groups is 2.